The third-order valence-electron chi connectivity index (χ3n) is 2.80. The molecule has 0 unspecified atom stereocenters. The van der Waals surface area contributed by atoms with E-state index in [0.29, 0.717) is 17.1 Å². The number of benzene rings is 2. The first-order valence-electron chi connectivity index (χ1n) is 5.81. The number of primary amides is 1. The van der Waals surface area contributed by atoms with Gasteiger partial charge in [0.25, 0.3) is 5.91 Å². The number of rotatable bonds is 4. The van der Waals surface area contributed by atoms with Crippen LogP contribution in [0.15, 0.2) is 40.9 Å². The third-order valence-corrected chi connectivity index (χ3v) is 3.30. The summed E-state index contributed by atoms with van der Waals surface area (Å²) in [5.74, 6) is 0.101. The molecule has 0 saturated carbocycles. The Bertz CT molecular complexity index is 659. The minimum Gasteiger partial charge on any atom is -0.495 e. The molecule has 5 nitrogen and oxygen atoms in total. The van der Waals surface area contributed by atoms with Gasteiger partial charge in [-0.1, -0.05) is 22.0 Å². The maximum Gasteiger partial charge on any atom is 0.250 e. The van der Waals surface area contributed by atoms with E-state index >= 15 is 0 Å². The second-order valence-electron chi connectivity index (χ2n) is 4.10. The van der Waals surface area contributed by atoms with Crippen LogP contribution in [0.5, 0.6) is 5.75 Å². The Kier molecular flexibility index (Phi) is 4.14. The van der Waals surface area contributed by atoms with E-state index in [4.69, 9.17) is 16.2 Å². The van der Waals surface area contributed by atoms with Gasteiger partial charge in [-0.15, -0.1) is 0 Å². The molecule has 104 valence electrons. The number of halogens is 1. The highest BCUT2D eigenvalue weighted by Crippen LogP contribution is 2.33. The van der Waals surface area contributed by atoms with E-state index in [0.717, 1.165) is 10.2 Å². The molecule has 0 aliphatic heterocycles. The SMILES string of the molecule is COc1ccc(Br)cc1Nc1cccc(C(N)=O)c1N. The summed E-state index contributed by atoms with van der Waals surface area (Å²) in [6, 6.07) is 10.6. The average Bonchev–Trinajstić information content (AvgIpc) is 2.41. The molecule has 0 aromatic heterocycles. The Labute approximate surface area is 125 Å². The molecule has 0 bridgehead atoms. The van der Waals surface area contributed by atoms with Crippen LogP contribution in [0.4, 0.5) is 17.1 Å². The molecule has 0 radical (unpaired) electrons. The van der Waals surface area contributed by atoms with Gasteiger partial charge in [0.1, 0.15) is 5.75 Å². The molecular formula is C14H14BrN3O2. The fourth-order valence-corrected chi connectivity index (χ4v) is 2.17. The van der Waals surface area contributed by atoms with Crippen molar-refractivity contribution in [3.8, 4) is 5.75 Å². The van der Waals surface area contributed by atoms with Crippen molar-refractivity contribution in [2.75, 3.05) is 18.2 Å². The summed E-state index contributed by atoms with van der Waals surface area (Å²) in [5, 5.41) is 3.14. The van der Waals surface area contributed by atoms with E-state index < -0.39 is 5.91 Å². The molecule has 2 aromatic carbocycles. The molecule has 0 heterocycles. The van der Waals surface area contributed by atoms with E-state index in [1.165, 1.54) is 0 Å². The number of hydrogen-bond donors (Lipinski definition) is 3. The zero-order valence-electron chi connectivity index (χ0n) is 10.8. The van der Waals surface area contributed by atoms with E-state index in [1.807, 2.05) is 18.2 Å². The van der Waals surface area contributed by atoms with Gasteiger partial charge in [0.2, 0.25) is 0 Å². The number of nitrogens with two attached hydrogens (primary N) is 2. The normalized spacial score (nSPS) is 10.1. The lowest BCUT2D eigenvalue weighted by Gasteiger charge is -2.14. The molecule has 0 fully saturated rings. The Hall–Kier alpha value is -2.21. The molecule has 0 atom stereocenters. The zero-order chi connectivity index (χ0) is 14.7. The van der Waals surface area contributed by atoms with Gasteiger partial charge >= 0.3 is 0 Å². The number of anilines is 3. The largest absolute Gasteiger partial charge is 0.495 e. The molecule has 5 N–H and O–H groups in total. The number of nitrogens with one attached hydrogen (secondary N) is 1. The highest BCUT2D eigenvalue weighted by molar-refractivity contribution is 9.10. The van der Waals surface area contributed by atoms with Crippen LogP contribution in [-0.2, 0) is 0 Å². The van der Waals surface area contributed by atoms with Gasteiger partial charge in [-0.25, -0.2) is 0 Å². The Morgan fingerprint density at radius 1 is 1.25 bits per heavy atom. The maximum absolute atomic E-state index is 11.3. The van der Waals surface area contributed by atoms with Gasteiger partial charge in [0.05, 0.1) is 29.7 Å². The van der Waals surface area contributed by atoms with Gasteiger partial charge < -0.3 is 21.5 Å². The molecule has 0 aliphatic rings. The monoisotopic (exact) mass is 335 g/mol. The van der Waals surface area contributed by atoms with Gasteiger partial charge in [-0.05, 0) is 30.3 Å². The molecule has 0 saturated heterocycles. The second kappa shape index (κ2) is 5.83. The summed E-state index contributed by atoms with van der Waals surface area (Å²) in [7, 11) is 1.58. The summed E-state index contributed by atoms with van der Waals surface area (Å²) in [6.45, 7) is 0. The smallest absolute Gasteiger partial charge is 0.250 e. The molecule has 0 aliphatic carbocycles. The van der Waals surface area contributed by atoms with E-state index in [1.54, 1.807) is 25.3 Å². The predicted molar refractivity (Wildman–Crippen MR) is 83.3 cm³/mol. The minimum absolute atomic E-state index is 0.281. The van der Waals surface area contributed by atoms with Crippen LogP contribution in [-0.4, -0.2) is 13.0 Å². The summed E-state index contributed by atoms with van der Waals surface area (Å²) in [4.78, 5) is 11.3. The molecule has 2 aromatic rings. The van der Waals surface area contributed by atoms with Gasteiger partial charge in [-0.2, -0.15) is 0 Å². The molecular weight excluding hydrogens is 322 g/mol. The van der Waals surface area contributed by atoms with Crippen LogP contribution in [0.1, 0.15) is 10.4 Å². The van der Waals surface area contributed by atoms with Crippen molar-refractivity contribution in [1.29, 1.82) is 0 Å². The number of ether oxygens (including phenoxy) is 1. The van der Waals surface area contributed by atoms with E-state index in [-0.39, 0.29) is 5.56 Å². The molecule has 2 rings (SSSR count). The number of carbonyl (C=O) groups excluding carboxylic acids is 1. The quantitative estimate of drug-likeness (QED) is 0.749. The van der Waals surface area contributed by atoms with Crippen LogP contribution >= 0.6 is 15.9 Å². The fourth-order valence-electron chi connectivity index (χ4n) is 1.81. The molecule has 0 spiro atoms. The summed E-state index contributed by atoms with van der Waals surface area (Å²) >= 11 is 3.39. The van der Waals surface area contributed by atoms with Gasteiger partial charge in [0.15, 0.2) is 0 Å². The van der Waals surface area contributed by atoms with Crippen molar-refractivity contribution in [3.63, 3.8) is 0 Å². The first-order valence-corrected chi connectivity index (χ1v) is 6.61. The maximum atomic E-state index is 11.3. The Morgan fingerprint density at radius 3 is 2.65 bits per heavy atom. The summed E-state index contributed by atoms with van der Waals surface area (Å²) in [5.41, 5.74) is 13.1. The van der Waals surface area contributed by atoms with Gasteiger partial charge in [-0.3, -0.25) is 4.79 Å². The van der Waals surface area contributed by atoms with Crippen molar-refractivity contribution >= 4 is 38.9 Å². The van der Waals surface area contributed by atoms with Crippen LogP contribution in [0.2, 0.25) is 0 Å². The van der Waals surface area contributed by atoms with Crippen LogP contribution in [0, 0.1) is 0 Å². The van der Waals surface area contributed by atoms with Gasteiger partial charge in [0, 0.05) is 4.47 Å². The molecule has 1 amide bonds. The van der Waals surface area contributed by atoms with Crippen molar-refractivity contribution in [2.24, 2.45) is 5.73 Å². The molecule has 6 heteroatoms. The van der Waals surface area contributed by atoms with E-state index in [9.17, 15) is 4.79 Å². The fraction of sp³-hybridized carbons (Fsp3) is 0.0714. The number of carbonyl (C=O) groups is 1. The van der Waals surface area contributed by atoms with Crippen LogP contribution in [0.3, 0.4) is 0 Å². The zero-order valence-corrected chi connectivity index (χ0v) is 12.4. The van der Waals surface area contributed by atoms with Crippen molar-refractivity contribution in [2.45, 2.75) is 0 Å². The first kappa shape index (κ1) is 14.2. The topological polar surface area (TPSA) is 90.4 Å². The van der Waals surface area contributed by atoms with Crippen molar-refractivity contribution in [3.05, 3.63) is 46.4 Å². The first-order chi connectivity index (χ1) is 9.52. The standard InChI is InChI=1S/C14H14BrN3O2/c1-20-12-6-5-8(15)7-11(12)18-10-4-2-3-9(13(10)16)14(17)19/h2-7,18H,16H2,1H3,(H2,17,19). The third kappa shape index (κ3) is 2.85. The lowest BCUT2D eigenvalue weighted by molar-refractivity contribution is 0.100. The Balaban J connectivity index is 2.42. The number of methoxy groups -OCH3 is 1. The lowest BCUT2D eigenvalue weighted by atomic mass is 10.1. The average molecular weight is 336 g/mol. The Morgan fingerprint density at radius 2 is 2.00 bits per heavy atom. The van der Waals surface area contributed by atoms with Crippen LogP contribution in [0.25, 0.3) is 0 Å². The van der Waals surface area contributed by atoms with E-state index in [2.05, 4.69) is 21.2 Å². The van der Waals surface area contributed by atoms with Crippen molar-refractivity contribution < 1.29 is 9.53 Å². The lowest BCUT2D eigenvalue weighted by Crippen LogP contribution is -2.14. The summed E-state index contributed by atoms with van der Waals surface area (Å²) < 4.78 is 6.17. The van der Waals surface area contributed by atoms with Crippen LogP contribution < -0.4 is 21.5 Å². The number of amides is 1. The molecule has 20 heavy (non-hydrogen) atoms. The second-order valence-corrected chi connectivity index (χ2v) is 5.02. The predicted octanol–water partition coefficient (Wildman–Crippen LogP) is 2.88. The summed E-state index contributed by atoms with van der Waals surface area (Å²) in [6.07, 6.45) is 0. The number of para-hydroxylation sites is 1. The van der Waals surface area contributed by atoms with Crippen molar-refractivity contribution in [1.82, 2.24) is 0 Å². The highest BCUT2D eigenvalue weighted by atomic mass is 79.9. The minimum atomic E-state index is -0.563. The number of hydrogen-bond acceptors (Lipinski definition) is 4. The highest BCUT2D eigenvalue weighted by Gasteiger charge is 2.11. The number of nitrogen functional groups attached to an aromatic ring is 1.